The monoisotopic (exact) mass is 479 g/mol. The molecule has 0 saturated carbocycles. The SMILES string of the molecule is Cc1cc(C)cc(C(=O)C2CC3CCCC(C2)N3C(=O)OCC2c3ccccc3-c3ccccc32)c1. The molecule has 2 unspecified atom stereocenters. The first-order valence-electron chi connectivity index (χ1n) is 13.3. The Balaban J connectivity index is 1.17. The Hall–Kier alpha value is -3.40. The summed E-state index contributed by atoms with van der Waals surface area (Å²) in [5.41, 5.74) is 7.97. The van der Waals surface area contributed by atoms with Gasteiger partial charge in [-0.25, -0.2) is 4.79 Å². The molecule has 0 spiro atoms. The third-order valence-corrected chi connectivity index (χ3v) is 8.40. The molecule has 3 aliphatic rings. The highest BCUT2D eigenvalue weighted by atomic mass is 16.6. The zero-order chi connectivity index (χ0) is 24.8. The molecule has 2 aliphatic heterocycles. The fourth-order valence-electron chi connectivity index (χ4n) is 6.91. The highest BCUT2D eigenvalue weighted by molar-refractivity contribution is 5.98. The van der Waals surface area contributed by atoms with Crippen molar-refractivity contribution in [3.63, 3.8) is 0 Å². The first-order valence-corrected chi connectivity index (χ1v) is 13.3. The van der Waals surface area contributed by atoms with Gasteiger partial charge in [-0.15, -0.1) is 0 Å². The van der Waals surface area contributed by atoms with E-state index in [1.54, 1.807) is 0 Å². The molecule has 1 aliphatic carbocycles. The summed E-state index contributed by atoms with van der Waals surface area (Å²) in [5.74, 6) is 0.259. The summed E-state index contributed by atoms with van der Waals surface area (Å²) in [7, 11) is 0. The van der Waals surface area contributed by atoms with Crippen LogP contribution in [-0.2, 0) is 4.74 Å². The molecule has 2 bridgehead atoms. The summed E-state index contributed by atoms with van der Waals surface area (Å²) in [4.78, 5) is 28.8. The van der Waals surface area contributed by atoms with Crippen LogP contribution < -0.4 is 0 Å². The minimum absolute atomic E-state index is 0.0286. The molecule has 3 aromatic rings. The molecule has 6 rings (SSSR count). The molecule has 0 radical (unpaired) electrons. The van der Waals surface area contributed by atoms with Gasteiger partial charge in [0.05, 0.1) is 0 Å². The van der Waals surface area contributed by atoms with Gasteiger partial charge in [0.25, 0.3) is 0 Å². The first kappa shape index (κ1) is 23.0. The number of ether oxygens (including phenoxy) is 1. The van der Waals surface area contributed by atoms with Crippen molar-refractivity contribution in [1.82, 2.24) is 4.90 Å². The van der Waals surface area contributed by atoms with Crippen molar-refractivity contribution in [3.05, 3.63) is 94.5 Å². The third kappa shape index (κ3) is 4.03. The van der Waals surface area contributed by atoms with Gasteiger partial charge in [0.1, 0.15) is 6.61 Å². The van der Waals surface area contributed by atoms with Gasteiger partial charge in [-0.1, -0.05) is 65.7 Å². The second-order valence-corrected chi connectivity index (χ2v) is 10.9. The van der Waals surface area contributed by atoms with Crippen molar-refractivity contribution in [2.24, 2.45) is 5.92 Å². The number of ketones is 1. The normalized spacial score (nSPS) is 22.6. The summed E-state index contributed by atoms with van der Waals surface area (Å²) in [6, 6.07) is 23.1. The van der Waals surface area contributed by atoms with Crippen molar-refractivity contribution in [2.75, 3.05) is 6.61 Å². The first-order chi connectivity index (χ1) is 17.5. The van der Waals surface area contributed by atoms with E-state index < -0.39 is 0 Å². The van der Waals surface area contributed by atoms with E-state index in [0.717, 1.165) is 48.8 Å². The van der Waals surface area contributed by atoms with Crippen molar-refractivity contribution in [2.45, 2.75) is 64.0 Å². The van der Waals surface area contributed by atoms with Crippen LogP contribution in [0, 0.1) is 19.8 Å². The van der Waals surface area contributed by atoms with E-state index in [9.17, 15) is 9.59 Å². The summed E-state index contributed by atoms with van der Waals surface area (Å²) < 4.78 is 6.03. The number of rotatable bonds is 4. The number of nitrogens with zero attached hydrogens (tertiary/aromatic N) is 1. The molecule has 0 N–H and O–H groups in total. The Morgan fingerprint density at radius 1 is 0.833 bits per heavy atom. The second-order valence-electron chi connectivity index (χ2n) is 10.9. The lowest BCUT2D eigenvalue weighted by Gasteiger charge is -2.47. The Morgan fingerprint density at radius 2 is 1.39 bits per heavy atom. The smallest absolute Gasteiger partial charge is 0.410 e. The topological polar surface area (TPSA) is 46.6 Å². The maximum Gasteiger partial charge on any atom is 0.410 e. The Labute approximate surface area is 213 Å². The lowest BCUT2D eigenvalue weighted by Crippen LogP contribution is -2.55. The molecular formula is C32H33NO3. The van der Waals surface area contributed by atoms with Crippen LogP contribution >= 0.6 is 0 Å². The third-order valence-electron chi connectivity index (χ3n) is 8.40. The predicted molar refractivity (Wildman–Crippen MR) is 141 cm³/mol. The fourth-order valence-corrected chi connectivity index (χ4v) is 6.91. The maximum atomic E-state index is 13.4. The van der Waals surface area contributed by atoms with Crippen molar-refractivity contribution < 1.29 is 14.3 Å². The lowest BCUT2D eigenvalue weighted by atomic mass is 9.75. The minimum Gasteiger partial charge on any atom is -0.448 e. The summed E-state index contributed by atoms with van der Waals surface area (Å²) in [6.45, 7) is 4.42. The van der Waals surface area contributed by atoms with Gasteiger partial charge < -0.3 is 9.64 Å². The lowest BCUT2D eigenvalue weighted by molar-refractivity contribution is 0.00651. The van der Waals surface area contributed by atoms with E-state index in [1.807, 2.05) is 30.9 Å². The molecule has 0 aromatic heterocycles. The Bertz CT molecular complexity index is 1250. The molecule has 2 fully saturated rings. The van der Waals surface area contributed by atoms with Gasteiger partial charge in [-0.3, -0.25) is 4.79 Å². The number of amides is 1. The number of aryl methyl sites for hydroxylation is 2. The summed E-state index contributed by atoms with van der Waals surface area (Å²) >= 11 is 0. The standard InChI is InChI=1S/C32H33NO3/c1-20-14-21(2)16-22(15-20)31(34)23-17-24-8-7-9-25(18-23)33(24)32(35)36-19-30-28-12-5-3-10-26(28)27-11-4-6-13-29(27)30/h3-6,10-16,23-25,30H,7-9,17-19H2,1-2H3. The second kappa shape index (κ2) is 9.24. The van der Waals surface area contributed by atoms with E-state index in [2.05, 4.69) is 54.6 Å². The van der Waals surface area contributed by atoms with Crippen LogP contribution in [0.3, 0.4) is 0 Å². The molecule has 3 aromatic carbocycles. The number of hydrogen-bond donors (Lipinski definition) is 0. The highest BCUT2D eigenvalue weighted by Crippen LogP contribution is 2.45. The van der Waals surface area contributed by atoms with Crippen LogP contribution in [0.4, 0.5) is 4.79 Å². The van der Waals surface area contributed by atoms with Crippen LogP contribution in [0.2, 0.25) is 0 Å². The molecule has 4 nitrogen and oxygen atoms in total. The molecular weight excluding hydrogens is 446 g/mol. The number of hydrogen-bond acceptors (Lipinski definition) is 3. The van der Waals surface area contributed by atoms with Gasteiger partial charge >= 0.3 is 6.09 Å². The van der Waals surface area contributed by atoms with E-state index in [4.69, 9.17) is 4.74 Å². The molecule has 4 heteroatoms. The van der Waals surface area contributed by atoms with Gasteiger partial charge in [0.2, 0.25) is 0 Å². The Morgan fingerprint density at radius 3 is 1.97 bits per heavy atom. The minimum atomic E-state index is -0.219. The molecule has 36 heavy (non-hydrogen) atoms. The summed E-state index contributed by atoms with van der Waals surface area (Å²) in [6.07, 6.45) is 4.23. The van der Waals surface area contributed by atoms with Crippen LogP contribution in [0.1, 0.15) is 70.6 Å². The van der Waals surface area contributed by atoms with Gasteiger partial charge in [-0.05, 0) is 80.3 Å². The molecule has 184 valence electrons. The predicted octanol–water partition coefficient (Wildman–Crippen LogP) is 7.07. The van der Waals surface area contributed by atoms with Gasteiger partial charge in [-0.2, -0.15) is 0 Å². The average molecular weight is 480 g/mol. The fraction of sp³-hybridized carbons (Fsp3) is 0.375. The molecule has 2 heterocycles. The van der Waals surface area contributed by atoms with Crippen molar-refractivity contribution in [3.8, 4) is 11.1 Å². The number of carbonyl (C=O) groups excluding carboxylic acids is 2. The number of piperidine rings is 2. The maximum absolute atomic E-state index is 13.4. The molecule has 1 amide bonds. The van der Waals surface area contributed by atoms with E-state index in [-0.39, 0.29) is 35.8 Å². The van der Waals surface area contributed by atoms with Crippen LogP contribution in [0.5, 0.6) is 0 Å². The average Bonchev–Trinajstić information content (AvgIpc) is 3.19. The van der Waals surface area contributed by atoms with Crippen molar-refractivity contribution in [1.29, 1.82) is 0 Å². The largest absolute Gasteiger partial charge is 0.448 e. The van der Waals surface area contributed by atoms with Gasteiger partial charge in [0, 0.05) is 29.5 Å². The van der Waals surface area contributed by atoms with Crippen molar-refractivity contribution >= 4 is 11.9 Å². The van der Waals surface area contributed by atoms with E-state index in [0.29, 0.717) is 6.61 Å². The number of Topliss-reactive ketones (excluding diaryl/α,β-unsaturated/α-hetero) is 1. The number of carbonyl (C=O) groups is 2. The van der Waals surface area contributed by atoms with Crippen LogP contribution in [-0.4, -0.2) is 35.5 Å². The zero-order valence-corrected chi connectivity index (χ0v) is 21.1. The van der Waals surface area contributed by atoms with Gasteiger partial charge in [0.15, 0.2) is 5.78 Å². The van der Waals surface area contributed by atoms with Crippen LogP contribution in [0.25, 0.3) is 11.1 Å². The van der Waals surface area contributed by atoms with E-state index in [1.165, 1.54) is 22.3 Å². The van der Waals surface area contributed by atoms with E-state index >= 15 is 0 Å². The Kier molecular flexibility index (Phi) is 5.91. The highest BCUT2D eigenvalue weighted by Gasteiger charge is 2.44. The van der Waals surface area contributed by atoms with Crippen LogP contribution in [0.15, 0.2) is 66.7 Å². The zero-order valence-electron chi connectivity index (χ0n) is 21.1. The quantitative estimate of drug-likeness (QED) is 0.376. The summed E-state index contributed by atoms with van der Waals surface area (Å²) in [5, 5.41) is 0. The number of fused-ring (bicyclic) bond motifs is 5. The number of benzene rings is 3. The molecule has 2 saturated heterocycles. The molecule has 2 atom stereocenters.